The fourth-order valence-electron chi connectivity index (χ4n) is 1.06. The molecular formula is C9H9BrN2O. The SMILES string of the molecule is O=C(Nc1cccnc1Br)C1CC1. The summed E-state index contributed by atoms with van der Waals surface area (Å²) in [6.45, 7) is 0. The van der Waals surface area contributed by atoms with Crippen molar-refractivity contribution in [3.05, 3.63) is 22.9 Å². The van der Waals surface area contributed by atoms with Gasteiger partial charge in [-0.25, -0.2) is 4.98 Å². The predicted molar refractivity (Wildman–Crippen MR) is 53.3 cm³/mol. The van der Waals surface area contributed by atoms with Gasteiger partial charge in [0.1, 0.15) is 4.60 Å². The number of hydrogen-bond acceptors (Lipinski definition) is 2. The molecule has 68 valence electrons. The van der Waals surface area contributed by atoms with Gasteiger partial charge in [0.05, 0.1) is 5.69 Å². The zero-order valence-corrected chi connectivity index (χ0v) is 8.54. The number of rotatable bonds is 2. The van der Waals surface area contributed by atoms with Gasteiger partial charge in [-0.15, -0.1) is 0 Å². The van der Waals surface area contributed by atoms with Crippen LogP contribution in [0.5, 0.6) is 0 Å². The molecule has 1 aliphatic rings. The molecule has 1 amide bonds. The molecule has 1 aromatic rings. The first-order valence-corrected chi connectivity index (χ1v) is 4.98. The lowest BCUT2D eigenvalue weighted by molar-refractivity contribution is -0.117. The van der Waals surface area contributed by atoms with Gasteiger partial charge in [-0.3, -0.25) is 4.79 Å². The second kappa shape index (κ2) is 3.46. The number of anilines is 1. The van der Waals surface area contributed by atoms with Crippen LogP contribution in [0.2, 0.25) is 0 Å². The zero-order chi connectivity index (χ0) is 9.26. The van der Waals surface area contributed by atoms with E-state index >= 15 is 0 Å². The van der Waals surface area contributed by atoms with Crippen LogP contribution in [0.25, 0.3) is 0 Å². The summed E-state index contributed by atoms with van der Waals surface area (Å²) in [7, 11) is 0. The number of nitrogens with zero attached hydrogens (tertiary/aromatic N) is 1. The molecule has 1 heterocycles. The maximum atomic E-state index is 11.4. The Morgan fingerprint density at radius 3 is 3.00 bits per heavy atom. The number of nitrogens with one attached hydrogen (secondary N) is 1. The van der Waals surface area contributed by atoms with Crippen molar-refractivity contribution in [3.8, 4) is 0 Å². The number of amides is 1. The summed E-state index contributed by atoms with van der Waals surface area (Å²) < 4.78 is 0.684. The molecule has 0 bridgehead atoms. The molecular weight excluding hydrogens is 232 g/mol. The van der Waals surface area contributed by atoms with E-state index in [0.29, 0.717) is 4.60 Å². The van der Waals surface area contributed by atoms with Gasteiger partial charge in [-0.2, -0.15) is 0 Å². The largest absolute Gasteiger partial charge is 0.324 e. The van der Waals surface area contributed by atoms with E-state index in [-0.39, 0.29) is 11.8 Å². The Morgan fingerprint density at radius 2 is 2.38 bits per heavy atom. The Kier molecular flexibility index (Phi) is 2.31. The van der Waals surface area contributed by atoms with Gasteiger partial charge in [-0.05, 0) is 40.9 Å². The standard InChI is InChI=1S/C9H9BrN2O/c10-8-7(2-1-5-11-8)12-9(13)6-3-4-6/h1-2,5-6H,3-4H2,(H,12,13). The molecule has 0 aromatic carbocycles. The zero-order valence-electron chi connectivity index (χ0n) is 6.96. The second-order valence-corrected chi connectivity index (χ2v) is 3.86. The number of hydrogen-bond donors (Lipinski definition) is 1. The molecule has 0 radical (unpaired) electrons. The normalized spacial score (nSPS) is 15.5. The summed E-state index contributed by atoms with van der Waals surface area (Å²) >= 11 is 3.27. The van der Waals surface area contributed by atoms with Gasteiger partial charge in [0, 0.05) is 12.1 Å². The van der Waals surface area contributed by atoms with Gasteiger partial charge in [0.2, 0.25) is 5.91 Å². The third-order valence-electron chi connectivity index (χ3n) is 1.97. The Labute approximate surface area is 84.7 Å². The van der Waals surface area contributed by atoms with Crippen LogP contribution in [0.1, 0.15) is 12.8 Å². The molecule has 13 heavy (non-hydrogen) atoms. The third-order valence-corrected chi connectivity index (χ3v) is 2.60. The summed E-state index contributed by atoms with van der Waals surface area (Å²) in [5.41, 5.74) is 0.749. The topological polar surface area (TPSA) is 42.0 Å². The van der Waals surface area contributed by atoms with Crippen LogP contribution in [0.4, 0.5) is 5.69 Å². The third kappa shape index (κ3) is 2.06. The molecule has 0 atom stereocenters. The Balaban J connectivity index is 2.08. The Bertz CT molecular complexity index is 336. The lowest BCUT2D eigenvalue weighted by Gasteiger charge is -2.04. The van der Waals surface area contributed by atoms with E-state index in [2.05, 4.69) is 26.2 Å². The average Bonchev–Trinajstić information content (AvgIpc) is 2.91. The minimum atomic E-state index is 0.105. The molecule has 0 saturated heterocycles. The van der Waals surface area contributed by atoms with E-state index < -0.39 is 0 Å². The van der Waals surface area contributed by atoms with Gasteiger partial charge >= 0.3 is 0 Å². The average molecular weight is 241 g/mol. The first kappa shape index (κ1) is 8.69. The molecule has 0 unspecified atom stereocenters. The predicted octanol–water partition coefficient (Wildman–Crippen LogP) is 2.19. The van der Waals surface area contributed by atoms with Crippen LogP contribution in [0.3, 0.4) is 0 Å². The number of carbonyl (C=O) groups excluding carboxylic acids is 1. The van der Waals surface area contributed by atoms with Crippen LogP contribution in [-0.2, 0) is 4.79 Å². The van der Waals surface area contributed by atoms with Crippen LogP contribution >= 0.6 is 15.9 Å². The first-order chi connectivity index (χ1) is 6.27. The van der Waals surface area contributed by atoms with Crippen LogP contribution in [0.15, 0.2) is 22.9 Å². The lowest BCUT2D eigenvalue weighted by atomic mass is 10.3. The molecule has 2 rings (SSSR count). The minimum Gasteiger partial charge on any atom is -0.324 e. The smallest absolute Gasteiger partial charge is 0.227 e. The van der Waals surface area contributed by atoms with Crippen molar-refractivity contribution in [3.63, 3.8) is 0 Å². The van der Waals surface area contributed by atoms with Gasteiger partial charge in [0.15, 0.2) is 0 Å². The van der Waals surface area contributed by atoms with E-state index in [4.69, 9.17) is 0 Å². The molecule has 3 nitrogen and oxygen atoms in total. The highest BCUT2D eigenvalue weighted by atomic mass is 79.9. The molecule has 1 saturated carbocycles. The number of pyridine rings is 1. The van der Waals surface area contributed by atoms with Crippen molar-refractivity contribution >= 4 is 27.5 Å². The van der Waals surface area contributed by atoms with Crippen molar-refractivity contribution in [1.29, 1.82) is 0 Å². The Hall–Kier alpha value is -0.900. The molecule has 1 fully saturated rings. The van der Waals surface area contributed by atoms with Crippen LogP contribution in [0, 0.1) is 5.92 Å². The van der Waals surface area contributed by atoms with Crippen molar-refractivity contribution in [1.82, 2.24) is 4.98 Å². The highest BCUT2D eigenvalue weighted by molar-refractivity contribution is 9.10. The molecule has 1 aliphatic carbocycles. The molecule has 1 N–H and O–H groups in total. The summed E-state index contributed by atoms with van der Waals surface area (Å²) in [5.74, 6) is 0.334. The van der Waals surface area contributed by atoms with Gasteiger partial charge in [-0.1, -0.05) is 0 Å². The summed E-state index contributed by atoms with van der Waals surface area (Å²) in [6.07, 6.45) is 3.71. The van der Waals surface area contributed by atoms with Crippen LogP contribution < -0.4 is 5.32 Å². The van der Waals surface area contributed by atoms with Crippen LogP contribution in [-0.4, -0.2) is 10.9 Å². The highest BCUT2D eigenvalue weighted by Gasteiger charge is 2.29. The summed E-state index contributed by atoms with van der Waals surface area (Å²) in [6, 6.07) is 3.63. The number of halogens is 1. The summed E-state index contributed by atoms with van der Waals surface area (Å²) in [5, 5.41) is 2.82. The molecule has 1 aromatic heterocycles. The van der Waals surface area contributed by atoms with Gasteiger partial charge in [0.25, 0.3) is 0 Å². The number of carbonyl (C=O) groups is 1. The van der Waals surface area contributed by atoms with Crippen molar-refractivity contribution in [2.24, 2.45) is 5.92 Å². The van der Waals surface area contributed by atoms with E-state index in [9.17, 15) is 4.79 Å². The van der Waals surface area contributed by atoms with Crippen molar-refractivity contribution in [2.45, 2.75) is 12.8 Å². The van der Waals surface area contributed by atoms with Crippen molar-refractivity contribution in [2.75, 3.05) is 5.32 Å². The maximum Gasteiger partial charge on any atom is 0.227 e. The quantitative estimate of drug-likeness (QED) is 0.806. The highest BCUT2D eigenvalue weighted by Crippen LogP contribution is 2.31. The molecule has 0 spiro atoms. The maximum absolute atomic E-state index is 11.4. The first-order valence-electron chi connectivity index (χ1n) is 4.19. The lowest BCUT2D eigenvalue weighted by Crippen LogP contribution is -2.13. The monoisotopic (exact) mass is 240 g/mol. The minimum absolute atomic E-state index is 0.105. The van der Waals surface area contributed by atoms with E-state index in [1.807, 2.05) is 6.07 Å². The second-order valence-electron chi connectivity index (χ2n) is 3.11. The van der Waals surface area contributed by atoms with Gasteiger partial charge < -0.3 is 5.32 Å². The van der Waals surface area contributed by atoms with E-state index in [0.717, 1.165) is 18.5 Å². The molecule has 4 heteroatoms. The Morgan fingerprint density at radius 1 is 1.62 bits per heavy atom. The molecule has 0 aliphatic heterocycles. The summed E-state index contributed by atoms with van der Waals surface area (Å²) in [4.78, 5) is 15.4. The van der Waals surface area contributed by atoms with E-state index in [1.165, 1.54) is 0 Å². The number of aromatic nitrogens is 1. The van der Waals surface area contributed by atoms with E-state index in [1.54, 1.807) is 12.3 Å². The van der Waals surface area contributed by atoms with Crippen molar-refractivity contribution < 1.29 is 4.79 Å². The fraction of sp³-hybridized carbons (Fsp3) is 0.333. The fourth-order valence-corrected chi connectivity index (χ4v) is 1.41.